The van der Waals surface area contributed by atoms with Gasteiger partial charge in [-0.2, -0.15) is 0 Å². The van der Waals surface area contributed by atoms with Crippen molar-refractivity contribution < 1.29 is 4.42 Å². The van der Waals surface area contributed by atoms with E-state index in [2.05, 4.69) is 0 Å². The molecule has 1 aromatic carbocycles. The number of hydrogen-bond acceptors (Lipinski definition) is 2. The lowest BCUT2D eigenvalue weighted by molar-refractivity contribution is 0.528. The highest BCUT2D eigenvalue weighted by atomic mass is 35.5. The maximum absolute atomic E-state index is 11.2. The molecule has 0 N–H and O–H groups in total. The van der Waals surface area contributed by atoms with Crippen LogP contribution in [0, 0.1) is 0 Å². The Balaban J connectivity index is 3.05. The predicted octanol–water partition coefficient (Wildman–Crippen LogP) is 3.09. The molecule has 6 heteroatoms. The van der Waals surface area contributed by atoms with Crippen molar-refractivity contribution in [3.05, 3.63) is 31.7 Å². The summed E-state index contributed by atoms with van der Waals surface area (Å²) in [4.78, 5) is 11.2. The summed E-state index contributed by atoms with van der Waals surface area (Å²) >= 11 is 17.4. The molecule has 1 heterocycles. The average Bonchev–Trinajstić information content (AvgIpc) is 2.42. The smallest absolute Gasteiger partial charge is 0.406 e. The van der Waals surface area contributed by atoms with Crippen molar-refractivity contribution in [1.82, 2.24) is 4.57 Å². The molecule has 0 saturated carbocycles. The molecular weight excluding hydrogens is 248 g/mol. The van der Waals surface area contributed by atoms with E-state index in [0.29, 0.717) is 10.5 Å². The third-order valence-corrected chi connectivity index (χ3v) is 3.17. The number of nitrogens with zero attached hydrogens (tertiary/aromatic N) is 1. The van der Waals surface area contributed by atoms with Crippen molar-refractivity contribution in [3.8, 4) is 0 Å². The van der Waals surface area contributed by atoms with E-state index in [4.69, 9.17) is 39.2 Å². The average molecular weight is 252 g/mol. The lowest BCUT2D eigenvalue weighted by Crippen LogP contribution is -2.08. The fourth-order valence-electron chi connectivity index (χ4n) is 1.17. The number of rotatable bonds is 0. The second-order valence-electron chi connectivity index (χ2n) is 2.76. The van der Waals surface area contributed by atoms with Gasteiger partial charge >= 0.3 is 5.76 Å². The fraction of sp³-hybridized carbons (Fsp3) is 0.125. The van der Waals surface area contributed by atoms with E-state index >= 15 is 0 Å². The Kier molecular flexibility index (Phi) is 2.26. The van der Waals surface area contributed by atoms with Crippen LogP contribution in [0.25, 0.3) is 11.1 Å². The van der Waals surface area contributed by atoms with Crippen molar-refractivity contribution in [3.63, 3.8) is 0 Å². The predicted molar refractivity (Wildman–Crippen MR) is 56.5 cm³/mol. The summed E-state index contributed by atoms with van der Waals surface area (Å²) in [6, 6.07) is 1.54. The second-order valence-corrected chi connectivity index (χ2v) is 3.92. The van der Waals surface area contributed by atoms with Crippen LogP contribution in [0.2, 0.25) is 15.1 Å². The summed E-state index contributed by atoms with van der Waals surface area (Å²) in [5.74, 6) is -0.500. The highest BCUT2D eigenvalue weighted by Crippen LogP contribution is 2.35. The minimum atomic E-state index is -0.500. The van der Waals surface area contributed by atoms with E-state index in [1.807, 2.05) is 0 Å². The largest absolute Gasteiger partial charge is 0.419 e. The number of fused-ring (bicyclic) bond motifs is 1. The second kappa shape index (κ2) is 3.19. The number of halogens is 3. The monoisotopic (exact) mass is 251 g/mol. The zero-order chi connectivity index (χ0) is 10.5. The molecule has 0 saturated heterocycles. The van der Waals surface area contributed by atoms with Gasteiger partial charge in [0.2, 0.25) is 0 Å². The molecule has 1 aromatic heterocycles. The van der Waals surface area contributed by atoms with Gasteiger partial charge in [0, 0.05) is 7.05 Å². The first-order chi connectivity index (χ1) is 6.52. The Morgan fingerprint density at radius 1 is 1.29 bits per heavy atom. The van der Waals surface area contributed by atoms with E-state index in [-0.39, 0.29) is 15.6 Å². The molecule has 0 spiro atoms. The van der Waals surface area contributed by atoms with Gasteiger partial charge in [0.25, 0.3) is 0 Å². The molecule has 0 aliphatic carbocycles. The van der Waals surface area contributed by atoms with E-state index in [0.717, 1.165) is 0 Å². The van der Waals surface area contributed by atoms with Crippen LogP contribution >= 0.6 is 34.8 Å². The molecule has 14 heavy (non-hydrogen) atoms. The molecule has 0 fully saturated rings. The Hall–Kier alpha value is -0.640. The number of aryl methyl sites for hydroxylation is 1. The molecule has 0 radical (unpaired) electrons. The van der Waals surface area contributed by atoms with E-state index in [1.165, 1.54) is 10.6 Å². The standard InChI is InChI=1S/C8H4Cl3NO2/c1-12-4-2-3(9)5(10)6(11)7(4)14-8(12)13/h2H,1H3. The first kappa shape index (κ1) is 9.90. The van der Waals surface area contributed by atoms with Gasteiger partial charge in [-0.15, -0.1) is 0 Å². The first-order valence-electron chi connectivity index (χ1n) is 3.65. The number of aromatic nitrogens is 1. The van der Waals surface area contributed by atoms with Gasteiger partial charge in [-0.25, -0.2) is 4.79 Å². The van der Waals surface area contributed by atoms with Crippen molar-refractivity contribution in [2.75, 3.05) is 0 Å². The fourth-order valence-corrected chi connectivity index (χ4v) is 1.79. The van der Waals surface area contributed by atoms with Gasteiger partial charge in [-0.05, 0) is 6.07 Å². The van der Waals surface area contributed by atoms with Crippen LogP contribution in [0.5, 0.6) is 0 Å². The third kappa shape index (κ3) is 1.24. The van der Waals surface area contributed by atoms with Gasteiger partial charge in [-0.3, -0.25) is 4.57 Å². The lowest BCUT2D eigenvalue weighted by atomic mass is 10.3. The van der Waals surface area contributed by atoms with Crippen molar-refractivity contribution in [1.29, 1.82) is 0 Å². The van der Waals surface area contributed by atoms with E-state index in [9.17, 15) is 4.79 Å². The molecule has 2 rings (SSSR count). The van der Waals surface area contributed by atoms with Crippen LogP contribution in [-0.4, -0.2) is 4.57 Å². The van der Waals surface area contributed by atoms with Gasteiger partial charge in [-0.1, -0.05) is 34.8 Å². The molecule has 0 unspecified atom stereocenters. The topological polar surface area (TPSA) is 35.1 Å². The van der Waals surface area contributed by atoms with Crippen LogP contribution in [-0.2, 0) is 7.05 Å². The summed E-state index contributed by atoms with van der Waals surface area (Å²) in [6.45, 7) is 0. The maximum atomic E-state index is 11.2. The molecule has 0 bridgehead atoms. The Morgan fingerprint density at radius 2 is 1.93 bits per heavy atom. The van der Waals surface area contributed by atoms with Gasteiger partial charge in [0.15, 0.2) is 5.58 Å². The van der Waals surface area contributed by atoms with Crippen molar-refractivity contribution >= 4 is 45.9 Å². The third-order valence-electron chi connectivity index (χ3n) is 1.92. The molecule has 74 valence electrons. The Bertz CT molecular complexity index is 570. The zero-order valence-electron chi connectivity index (χ0n) is 6.97. The van der Waals surface area contributed by atoms with E-state index in [1.54, 1.807) is 7.05 Å². The lowest BCUT2D eigenvalue weighted by Gasteiger charge is -1.99. The molecule has 0 aliphatic rings. The summed E-state index contributed by atoms with van der Waals surface area (Å²) in [7, 11) is 1.56. The quantitative estimate of drug-likeness (QED) is 0.675. The summed E-state index contributed by atoms with van der Waals surface area (Å²) in [5, 5.41) is 0.641. The number of oxazole rings is 1. The van der Waals surface area contributed by atoms with Crippen LogP contribution in [0.4, 0.5) is 0 Å². The highest BCUT2D eigenvalue weighted by molar-refractivity contribution is 6.50. The molecule has 3 nitrogen and oxygen atoms in total. The first-order valence-corrected chi connectivity index (χ1v) is 4.78. The van der Waals surface area contributed by atoms with Crippen LogP contribution in [0.1, 0.15) is 0 Å². The zero-order valence-corrected chi connectivity index (χ0v) is 9.24. The van der Waals surface area contributed by atoms with Gasteiger partial charge in [0.1, 0.15) is 5.02 Å². The Morgan fingerprint density at radius 3 is 2.57 bits per heavy atom. The van der Waals surface area contributed by atoms with Crippen LogP contribution in [0.3, 0.4) is 0 Å². The van der Waals surface area contributed by atoms with Crippen molar-refractivity contribution in [2.24, 2.45) is 7.05 Å². The minimum absolute atomic E-state index is 0.159. The maximum Gasteiger partial charge on any atom is 0.419 e. The van der Waals surface area contributed by atoms with Crippen LogP contribution < -0.4 is 5.76 Å². The van der Waals surface area contributed by atoms with Gasteiger partial charge < -0.3 is 4.42 Å². The number of benzene rings is 1. The normalized spacial score (nSPS) is 11.1. The molecule has 0 aliphatic heterocycles. The summed E-state index contributed by atoms with van der Waals surface area (Å²) in [6.07, 6.45) is 0. The summed E-state index contributed by atoms with van der Waals surface area (Å²) in [5.41, 5.74) is 0.781. The van der Waals surface area contributed by atoms with Crippen molar-refractivity contribution in [2.45, 2.75) is 0 Å². The molecular formula is C8H4Cl3NO2. The molecule has 2 aromatic rings. The molecule has 0 atom stereocenters. The molecule has 0 amide bonds. The summed E-state index contributed by atoms with van der Waals surface area (Å²) < 4.78 is 6.21. The minimum Gasteiger partial charge on any atom is -0.406 e. The SMILES string of the molecule is Cn1c(=O)oc2c(Cl)c(Cl)c(Cl)cc21. The van der Waals surface area contributed by atoms with E-state index < -0.39 is 5.76 Å². The Labute approximate surface area is 93.8 Å². The van der Waals surface area contributed by atoms with Gasteiger partial charge in [0.05, 0.1) is 15.6 Å². The number of hydrogen-bond donors (Lipinski definition) is 0. The van der Waals surface area contributed by atoms with Crippen LogP contribution in [0.15, 0.2) is 15.3 Å². The highest BCUT2D eigenvalue weighted by Gasteiger charge is 2.15.